The number of benzene rings is 1. The van der Waals surface area contributed by atoms with Crippen molar-refractivity contribution >= 4 is 33.7 Å². The number of carbonyl (C=O) groups excluding carboxylic acids is 1. The summed E-state index contributed by atoms with van der Waals surface area (Å²) in [5.74, 6) is 1.63. The van der Waals surface area contributed by atoms with Gasteiger partial charge in [0.25, 0.3) is 5.91 Å². The predicted molar refractivity (Wildman–Crippen MR) is 114 cm³/mol. The highest BCUT2D eigenvalue weighted by Crippen LogP contribution is 2.33. The number of aromatic nitrogens is 2. The molecule has 0 radical (unpaired) electrons. The summed E-state index contributed by atoms with van der Waals surface area (Å²) in [6.07, 6.45) is 0.874. The maximum Gasteiger partial charge on any atom is 0.269 e. The lowest BCUT2D eigenvalue weighted by atomic mass is 10.1. The molecule has 8 heteroatoms. The summed E-state index contributed by atoms with van der Waals surface area (Å²) in [6, 6.07) is 5.61. The van der Waals surface area contributed by atoms with Crippen LogP contribution in [0.1, 0.15) is 34.2 Å². The molecule has 0 bridgehead atoms. The van der Waals surface area contributed by atoms with E-state index in [2.05, 4.69) is 29.1 Å². The van der Waals surface area contributed by atoms with Gasteiger partial charge in [-0.25, -0.2) is 9.97 Å². The van der Waals surface area contributed by atoms with Gasteiger partial charge in [-0.2, -0.15) is 0 Å². The molecule has 6 nitrogen and oxygen atoms in total. The molecule has 0 aliphatic heterocycles. The molecule has 0 aliphatic rings. The van der Waals surface area contributed by atoms with E-state index in [0.717, 1.165) is 28.4 Å². The first-order valence-electron chi connectivity index (χ1n) is 8.86. The monoisotopic (exact) mass is 417 g/mol. The average molecular weight is 418 g/mol. The van der Waals surface area contributed by atoms with Crippen LogP contribution in [0.25, 0.3) is 11.3 Å². The zero-order chi connectivity index (χ0) is 20.3. The number of ether oxygens (including phenoxy) is 2. The second-order valence-corrected chi connectivity index (χ2v) is 8.62. The first kappa shape index (κ1) is 20.3. The van der Waals surface area contributed by atoms with E-state index >= 15 is 0 Å². The number of nitrogens with zero attached hydrogens (tertiary/aromatic N) is 2. The van der Waals surface area contributed by atoms with Gasteiger partial charge in [-0.05, 0) is 31.0 Å². The van der Waals surface area contributed by atoms with Gasteiger partial charge in [-0.1, -0.05) is 13.8 Å². The van der Waals surface area contributed by atoms with Crippen molar-refractivity contribution in [1.82, 2.24) is 9.97 Å². The van der Waals surface area contributed by atoms with E-state index < -0.39 is 0 Å². The van der Waals surface area contributed by atoms with Crippen LogP contribution < -0.4 is 14.8 Å². The van der Waals surface area contributed by atoms with Crippen LogP contribution in [0.4, 0.5) is 5.13 Å². The number of nitrogens with one attached hydrogen (secondary N) is 1. The first-order valence-corrected chi connectivity index (χ1v) is 10.6. The SMILES string of the molecule is COc1ccc(-c2csc(NC(=O)c3sc(CC(C)C)nc3C)n2)cc1OC. The molecule has 1 amide bonds. The Bertz CT molecular complexity index is 979. The Balaban J connectivity index is 1.76. The molecule has 1 N–H and O–H groups in total. The highest BCUT2D eigenvalue weighted by atomic mass is 32.1. The van der Waals surface area contributed by atoms with Crippen LogP contribution in [-0.2, 0) is 6.42 Å². The number of aryl methyl sites for hydroxylation is 1. The molecule has 2 heterocycles. The Hall–Kier alpha value is -2.45. The van der Waals surface area contributed by atoms with Crippen molar-refractivity contribution in [2.24, 2.45) is 5.92 Å². The van der Waals surface area contributed by atoms with Gasteiger partial charge < -0.3 is 9.47 Å². The van der Waals surface area contributed by atoms with Crippen LogP contribution in [0.3, 0.4) is 0 Å². The Labute approximate surface area is 172 Å². The zero-order valence-corrected chi connectivity index (χ0v) is 18.2. The van der Waals surface area contributed by atoms with Gasteiger partial charge in [-0.15, -0.1) is 22.7 Å². The van der Waals surface area contributed by atoms with Crippen molar-refractivity contribution in [2.45, 2.75) is 27.2 Å². The summed E-state index contributed by atoms with van der Waals surface area (Å²) in [4.78, 5) is 22.3. The second kappa shape index (κ2) is 8.70. The quantitative estimate of drug-likeness (QED) is 0.583. The molecule has 0 fully saturated rings. The van der Waals surface area contributed by atoms with Gasteiger partial charge in [0.15, 0.2) is 16.6 Å². The Morgan fingerprint density at radius 3 is 2.61 bits per heavy atom. The van der Waals surface area contributed by atoms with E-state index in [-0.39, 0.29) is 5.91 Å². The van der Waals surface area contributed by atoms with Crippen molar-refractivity contribution in [3.8, 4) is 22.8 Å². The average Bonchev–Trinajstić information content (AvgIpc) is 3.27. The molecule has 0 spiro atoms. The molecule has 0 atom stereocenters. The van der Waals surface area contributed by atoms with Gasteiger partial charge in [0.1, 0.15) is 4.88 Å². The lowest BCUT2D eigenvalue weighted by Crippen LogP contribution is -2.11. The summed E-state index contributed by atoms with van der Waals surface area (Å²) in [7, 11) is 3.20. The highest BCUT2D eigenvalue weighted by molar-refractivity contribution is 7.15. The number of amides is 1. The van der Waals surface area contributed by atoms with Crippen LogP contribution in [0.15, 0.2) is 23.6 Å². The number of rotatable bonds is 7. The highest BCUT2D eigenvalue weighted by Gasteiger charge is 2.18. The van der Waals surface area contributed by atoms with Gasteiger partial charge in [0.2, 0.25) is 0 Å². The summed E-state index contributed by atoms with van der Waals surface area (Å²) in [5, 5.41) is 6.33. The lowest BCUT2D eigenvalue weighted by molar-refractivity contribution is 0.103. The minimum atomic E-state index is -0.168. The summed E-state index contributed by atoms with van der Waals surface area (Å²) < 4.78 is 10.6. The number of anilines is 1. The van der Waals surface area contributed by atoms with Crippen molar-refractivity contribution < 1.29 is 14.3 Å². The molecule has 0 saturated heterocycles. The van der Waals surface area contributed by atoms with E-state index in [9.17, 15) is 4.79 Å². The van der Waals surface area contributed by atoms with Crippen LogP contribution in [-0.4, -0.2) is 30.1 Å². The number of methoxy groups -OCH3 is 2. The van der Waals surface area contributed by atoms with Crippen molar-refractivity contribution in [1.29, 1.82) is 0 Å². The smallest absolute Gasteiger partial charge is 0.269 e. The standard InChI is InChI=1S/C20H23N3O3S2/c1-11(2)8-17-21-12(3)18(28-17)19(24)23-20-22-14(10-27-20)13-6-7-15(25-4)16(9-13)26-5/h6-7,9-11H,8H2,1-5H3,(H,22,23,24). The van der Waals surface area contributed by atoms with Crippen molar-refractivity contribution in [2.75, 3.05) is 19.5 Å². The fourth-order valence-corrected chi connectivity index (χ4v) is 4.60. The van der Waals surface area contributed by atoms with Gasteiger partial charge in [0, 0.05) is 17.4 Å². The molecule has 0 aliphatic carbocycles. The summed E-state index contributed by atoms with van der Waals surface area (Å²) in [6.45, 7) is 6.15. The molecular weight excluding hydrogens is 394 g/mol. The number of hydrogen-bond donors (Lipinski definition) is 1. The topological polar surface area (TPSA) is 73.3 Å². The predicted octanol–water partition coefficient (Wildman–Crippen LogP) is 5.04. The largest absolute Gasteiger partial charge is 0.493 e. The zero-order valence-electron chi connectivity index (χ0n) is 16.5. The van der Waals surface area contributed by atoms with E-state index in [1.807, 2.05) is 30.5 Å². The van der Waals surface area contributed by atoms with Crippen LogP contribution in [0.5, 0.6) is 11.5 Å². The van der Waals surface area contributed by atoms with Gasteiger partial charge in [0.05, 0.1) is 30.6 Å². The molecule has 2 aromatic heterocycles. The Kier molecular flexibility index (Phi) is 6.31. The number of hydrogen-bond acceptors (Lipinski definition) is 7. The second-order valence-electron chi connectivity index (χ2n) is 6.68. The molecule has 3 aromatic rings. The maximum atomic E-state index is 12.7. The van der Waals surface area contributed by atoms with E-state index in [4.69, 9.17) is 9.47 Å². The van der Waals surface area contributed by atoms with E-state index in [1.54, 1.807) is 14.2 Å². The fraction of sp³-hybridized carbons (Fsp3) is 0.350. The van der Waals surface area contributed by atoms with E-state index in [1.165, 1.54) is 22.7 Å². The van der Waals surface area contributed by atoms with Crippen molar-refractivity contribution in [3.63, 3.8) is 0 Å². The van der Waals surface area contributed by atoms with Crippen LogP contribution >= 0.6 is 22.7 Å². The van der Waals surface area contributed by atoms with Crippen LogP contribution in [0, 0.1) is 12.8 Å². The fourth-order valence-electron chi connectivity index (χ4n) is 2.71. The maximum absolute atomic E-state index is 12.7. The third-order valence-corrected chi connectivity index (χ3v) is 5.97. The minimum Gasteiger partial charge on any atom is -0.493 e. The summed E-state index contributed by atoms with van der Waals surface area (Å²) >= 11 is 2.83. The molecule has 28 heavy (non-hydrogen) atoms. The molecule has 148 valence electrons. The molecule has 0 saturated carbocycles. The third kappa shape index (κ3) is 4.51. The summed E-state index contributed by atoms with van der Waals surface area (Å²) in [5.41, 5.74) is 2.42. The van der Waals surface area contributed by atoms with Gasteiger partial charge in [-0.3, -0.25) is 10.1 Å². The molecule has 1 aromatic carbocycles. The Morgan fingerprint density at radius 1 is 1.18 bits per heavy atom. The molecular formula is C20H23N3O3S2. The first-order chi connectivity index (χ1) is 13.4. The number of carbonyl (C=O) groups is 1. The molecule has 0 unspecified atom stereocenters. The normalized spacial score (nSPS) is 10.9. The van der Waals surface area contributed by atoms with Gasteiger partial charge >= 0.3 is 0 Å². The van der Waals surface area contributed by atoms with E-state index in [0.29, 0.717) is 27.4 Å². The molecule has 3 rings (SSSR count). The lowest BCUT2D eigenvalue weighted by Gasteiger charge is -2.08. The van der Waals surface area contributed by atoms with Crippen LogP contribution in [0.2, 0.25) is 0 Å². The third-order valence-electron chi connectivity index (χ3n) is 4.03. The number of thiazole rings is 2. The minimum absolute atomic E-state index is 0.168. The van der Waals surface area contributed by atoms with Crippen molar-refractivity contribution in [3.05, 3.63) is 39.2 Å². The Morgan fingerprint density at radius 2 is 1.93 bits per heavy atom.